The third kappa shape index (κ3) is 4.60. The van der Waals surface area contributed by atoms with Crippen molar-refractivity contribution < 1.29 is 9.53 Å². The third-order valence-corrected chi connectivity index (χ3v) is 6.61. The van der Waals surface area contributed by atoms with E-state index in [1.807, 2.05) is 53.4 Å². The van der Waals surface area contributed by atoms with Gasteiger partial charge in [0, 0.05) is 24.0 Å². The van der Waals surface area contributed by atoms with Crippen LogP contribution in [0.5, 0.6) is 5.75 Å². The molecule has 2 aromatic carbocycles. The summed E-state index contributed by atoms with van der Waals surface area (Å²) >= 11 is 7.53. The summed E-state index contributed by atoms with van der Waals surface area (Å²) in [6.45, 7) is 1.50. The van der Waals surface area contributed by atoms with Crippen LogP contribution in [-0.4, -0.2) is 41.2 Å². The summed E-state index contributed by atoms with van der Waals surface area (Å²) in [5.41, 5.74) is 1.96. The molecule has 0 atom stereocenters. The highest BCUT2D eigenvalue weighted by molar-refractivity contribution is 7.14. The second kappa shape index (κ2) is 8.93. The van der Waals surface area contributed by atoms with E-state index in [4.69, 9.17) is 16.3 Å². The number of carbonyl (C=O) groups excluding carboxylic acids is 1. The highest BCUT2D eigenvalue weighted by Gasteiger charge is 2.26. The van der Waals surface area contributed by atoms with Gasteiger partial charge in [0.05, 0.1) is 19.1 Å². The molecule has 1 aliphatic heterocycles. The first-order chi connectivity index (χ1) is 14.1. The van der Waals surface area contributed by atoms with Crippen molar-refractivity contribution in [1.29, 1.82) is 0 Å². The van der Waals surface area contributed by atoms with Crippen molar-refractivity contribution >= 4 is 28.8 Å². The van der Waals surface area contributed by atoms with E-state index in [0.717, 1.165) is 52.8 Å². The number of rotatable bonds is 5. The van der Waals surface area contributed by atoms with E-state index >= 15 is 0 Å². The van der Waals surface area contributed by atoms with Crippen LogP contribution >= 0.6 is 22.9 Å². The number of carbonyl (C=O) groups is 1. The smallest absolute Gasteiger partial charge is 0.226 e. The molecule has 7 heteroatoms. The van der Waals surface area contributed by atoms with Crippen LogP contribution in [0.3, 0.4) is 0 Å². The van der Waals surface area contributed by atoms with Crippen LogP contribution in [0.1, 0.15) is 29.3 Å². The van der Waals surface area contributed by atoms with Crippen molar-refractivity contribution in [2.75, 3.05) is 20.2 Å². The Morgan fingerprint density at radius 3 is 2.59 bits per heavy atom. The zero-order valence-electron chi connectivity index (χ0n) is 16.2. The van der Waals surface area contributed by atoms with Crippen LogP contribution in [-0.2, 0) is 11.2 Å². The Bertz CT molecular complexity index is 982. The number of amides is 1. The van der Waals surface area contributed by atoms with Crippen LogP contribution in [0.25, 0.3) is 10.6 Å². The minimum atomic E-state index is 0.165. The fourth-order valence-corrected chi connectivity index (χ4v) is 4.76. The van der Waals surface area contributed by atoms with Crippen LogP contribution < -0.4 is 4.74 Å². The Morgan fingerprint density at radius 2 is 1.86 bits per heavy atom. The van der Waals surface area contributed by atoms with Crippen molar-refractivity contribution in [3.63, 3.8) is 0 Å². The maximum Gasteiger partial charge on any atom is 0.226 e. The largest absolute Gasteiger partial charge is 0.496 e. The van der Waals surface area contributed by atoms with Crippen LogP contribution in [0, 0.1) is 0 Å². The lowest BCUT2D eigenvalue weighted by Crippen LogP contribution is -2.38. The van der Waals surface area contributed by atoms with E-state index in [1.165, 1.54) is 0 Å². The predicted molar refractivity (Wildman–Crippen MR) is 116 cm³/mol. The van der Waals surface area contributed by atoms with Gasteiger partial charge in [0.2, 0.25) is 5.91 Å². The number of aromatic nitrogens is 2. The molecule has 1 saturated heterocycles. The summed E-state index contributed by atoms with van der Waals surface area (Å²) in [4.78, 5) is 14.6. The number of halogens is 1. The predicted octanol–water partition coefficient (Wildman–Crippen LogP) is 4.82. The van der Waals surface area contributed by atoms with Crippen molar-refractivity contribution in [2.45, 2.75) is 25.2 Å². The Hall–Kier alpha value is -2.44. The molecular weight excluding hydrogens is 406 g/mol. The summed E-state index contributed by atoms with van der Waals surface area (Å²) in [7, 11) is 1.66. The molecule has 1 aromatic heterocycles. The number of ether oxygens (including phenoxy) is 1. The SMILES string of the molecule is COc1ccccc1-c1nnc(C2CCN(C(=O)Cc3ccc(Cl)cc3)CC2)s1. The molecule has 4 rings (SSSR count). The fraction of sp³-hybridized carbons (Fsp3) is 0.318. The van der Waals surface area contributed by atoms with E-state index in [0.29, 0.717) is 17.4 Å². The van der Waals surface area contributed by atoms with Crippen molar-refractivity contribution in [1.82, 2.24) is 15.1 Å². The summed E-state index contributed by atoms with van der Waals surface area (Å²) in [5.74, 6) is 1.31. The van der Waals surface area contributed by atoms with Gasteiger partial charge in [0.25, 0.3) is 0 Å². The monoisotopic (exact) mass is 427 g/mol. The molecule has 1 aliphatic rings. The summed E-state index contributed by atoms with van der Waals surface area (Å²) in [6, 6.07) is 15.3. The molecule has 0 aliphatic carbocycles. The lowest BCUT2D eigenvalue weighted by molar-refractivity contribution is -0.131. The molecule has 0 spiro atoms. The Labute approximate surface area is 179 Å². The first-order valence-electron chi connectivity index (χ1n) is 9.63. The second-order valence-electron chi connectivity index (χ2n) is 7.10. The topological polar surface area (TPSA) is 55.3 Å². The van der Waals surface area contributed by atoms with Gasteiger partial charge < -0.3 is 9.64 Å². The number of benzene rings is 2. The van der Waals surface area contributed by atoms with Crippen molar-refractivity contribution in [3.05, 3.63) is 64.1 Å². The number of likely N-dealkylation sites (tertiary alicyclic amines) is 1. The number of piperidine rings is 1. The molecule has 0 N–H and O–H groups in total. The highest BCUT2D eigenvalue weighted by atomic mass is 35.5. The van der Waals surface area contributed by atoms with Gasteiger partial charge in [0.1, 0.15) is 10.8 Å². The van der Waals surface area contributed by atoms with Crippen LogP contribution in [0.2, 0.25) is 5.02 Å². The Balaban J connectivity index is 1.37. The maximum atomic E-state index is 12.6. The van der Waals surface area contributed by atoms with Gasteiger partial charge in [-0.25, -0.2) is 0 Å². The Kier molecular flexibility index (Phi) is 6.11. The zero-order chi connectivity index (χ0) is 20.2. The number of para-hydroxylation sites is 1. The first kappa shape index (κ1) is 19.9. The van der Waals surface area contributed by atoms with E-state index in [1.54, 1.807) is 18.4 Å². The standard InChI is InChI=1S/C22H22ClN3O2S/c1-28-19-5-3-2-4-18(19)22-25-24-21(29-22)16-10-12-26(13-11-16)20(27)14-15-6-8-17(23)9-7-15/h2-9,16H,10-14H2,1H3. The van der Waals surface area contributed by atoms with Crippen molar-refractivity contribution in [3.8, 4) is 16.3 Å². The molecule has 3 aromatic rings. The zero-order valence-corrected chi connectivity index (χ0v) is 17.7. The quantitative estimate of drug-likeness (QED) is 0.586. The van der Waals surface area contributed by atoms with E-state index in [2.05, 4.69) is 10.2 Å². The summed E-state index contributed by atoms with van der Waals surface area (Å²) in [6.07, 6.45) is 2.23. The van der Waals surface area contributed by atoms with Gasteiger partial charge in [-0.3, -0.25) is 4.79 Å². The minimum Gasteiger partial charge on any atom is -0.496 e. The average molecular weight is 428 g/mol. The van der Waals surface area contributed by atoms with Gasteiger partial charge >= 0.3 is 0 Å². The van der Waals surface area contributed by atoms with Crippen LogP contribution in [0.4, 0.5) is 0 Å². The van der Waals surface area contributed by atoms with Gasteiger partial charge in [-0.15, -0.1) is 10.2 Å². The molecule has 0 saturated carbocycles. The normalized spacial score (nSPS) is 14.8. The second-order valence-corrected chi connectivity index (χ2v) is 8.55. The highest BCUT2D eigenvalue weighted by Crippen LogP contribution is 2.36. The minimum absolute atomic E-state index is 0.165. The average Bonchev–Trinajstić information content (AvgIpc) is 3.25. The van der Waals surface area contributed by atoms with E-state index in [-0.39, 0.29) is 5.91 Å². The first-order valence-corrected chi connectivity index (χ1v) is 10.8. The van der Waals surface area contributed by atoms with Gasteiger partial charge in [0.15, 0.2) is 5.01 Å². The molecule has 0 bridgehead atoms. The summed E-state index contributed by atoms with van der Waals surface area (Å²) < 4.78 is 5.44. The maximum absolute atomic E-state index is 12.6. The number of hydrogen-bond donors (Lipinski definition) is 0. The van der Waals surface area contributed by atoms with E-state index < -0.39 is 0 Å². The molecule has 150 valence electrons. The molecule has 2 heterocycles. The third-order valence-electron chi connectivity index (χ3n) is 5.24. The molecule has 5 nitrogen and oxygen atoms in total. The molecule has 29 heavy (non-hydrogen) atoms. The summed E-state index contributed by atoms with van der Waals surface area (Å²) in [5, 5.41) is 11.4. The van der Waals surface area contributed by atoms with Crippen molar-refractivity contribution in [2.24, 2.45) is 0 Å². The van der Waals surface area contributed by atoms with E-state index in [9.17, 15) is 4.79 Å². The molecular formula is C22H22ClN3O2S. The fourth-order valence-electron chi connectivity index (χ4n) is 3.59. The van der Waals surface area contributed by atoms with Gasteiger partial charge in [-0.05, 0) is 42.7 Å². The molecule has 0 unspecified atom stereocenters. The molecule has 0 radical (unpaired) electrons. The number of hydrogen-bond acceptors (Lipinski definition) is 5. The van der Waals surface area contributed by atoms with Gasteiger partial charge in [-0.1, -0.05) is 47.2 Å². The van der Waals surface area contributed by atoms with Gasteiger partial charge in [-0.2, -0.15) is 0 Å². The lowest BCUT2D eigenvalue weighted by Gasteiger charge is -2.31. The Morgan fingerprint density at radius 1 is 1.14 bits per heavy atom. The number of nitrogens with zero attached hydrogens (tertiary/aromatic N) is 3. The lowest BCUT2D eigenvalue weighted by atomic mass is 9.97. The molecule has 1 amide bonds. The molecule has 1 fully saturated rings. The van der Waals surface area contributed by atoms with Crippen LogP contribution in [0.15, 0.2) is 48.5 Å². The number of methoxy groups -OCH3 is 1.